The largest absolute Gasteiger partial charge is 0.343 e. The first kappa shape index (κ1) is 8.72. The number of amides is 1. The molecule has 0 aromatic heterocycles. The number of carbonyl (C=O) groups excluding carboxylic acids is 1. The molecule has 2 atom stereocenters. The highest BCUT2D eigenvalue weighted by Crippen LogP contribution is 2.57. The van der Waals surface area contributed by atoms with Crippen LogP contribution in [-0.4, -0.2) is 37.0 Å². The fraction of sp³-hybridized carbons (Fsp3) is 0.909. The van der Waals surface area contributed by atoms with E-state index in [0.29, 0.717) is 23.3 Å². The summed E-state index contributed by atoms with van der Waals surface area (Å²) in [5, 5.41) is 3.37. The molecular formula is C11H18N2O. The van der Waals surface area contributed by atoms with Crippen LogP contribution in [0.15, 0.2) is 0 Å². The lowest BCUT2D eigenvalue weighted by Gasteiger charge is -2.17. The van der Waals surface area contributed by atoms with Gasteiger partial charge < -0.3 is 10.2 Å². The van der Waals surface area contributed by atoms with Gasteiger partial charge in [0.1, 0.15) is 0 Å². The zero-order valence-corrected chi connectivity index (χ0v) is 8.75. The summed E-state index contributed by atoms with van der Waals surface area (Å²) in [6.45, 7) is 2.18. The van der Waals surface area contributed by atoms with Gasteiger partial charge in [-0.3, -0.25) is 4.79 Å². The first-order valence-electron chi connectivity index (χ1n) is 5.70. The summed E-state index contributed by atoms with van der Waals surface area (Å²) < 4.78 is 0. The number of carbonyl (C=O) groups is 1. The molecular weight excluding hydrogens is 176 g/mol. The Hall–Kier alpha value is -0.570. The van der Waals surface area contributed by atoms with Gasteiger partial charge in [0.25, 0.3) is 0 Å². The third-order valence-corrected chi connectivity index (χ3v) is 4.21. The topological polar surface area (TPSA) is 32.3 Å². The van der Waals surface area contributed by atoms with Crippen LogP contribution in [0.4, 0.5) is 0 Å². The van der Waals surface area contributed by atoms with Crippen molar-refractivity contribution in [2.24, 2.45) is 11.3 Å². The molecule has 1 amide bonds. The van der Waals surface area contributed by atoms with Gasteiger partial charge in [0, 0.05) is 25.6 Å². The summed E-state index contributed by atoms with van der Waals surface area (Å²) in [4.78, 5) is 14.0. The Bertz CT molecular complexity index is 266. The highest BCUT2D eigenvalue weighted by molar-refractivity contribution is 5.83. The Kier molecular flexibility index (Phi) is 1.69. The van der Waals surface area contributed by atoms with Crippen LogP contribution in [0.25, 0.3) is 0 Å². The quantitative estimate of drug-likeness (QED) is 0.698. The molecule has 2 aliphatic carbocycles. The van der Waals surface area contributed by atoms with Crippen LogP contribution < -0.4 is 5.32 Å². The first-order valence-corrected chi connectivity index (χ1v) is 5.70. The van der Waals surface area contributed by atoms with Gasteiger partial charge in [0.15, 0.2) is 0 Å². The lowest BCUT2D eigenvalue weighted by atomic mass is 10.0. The molecule has 3 heteroatoms. The minimum atomic E-state index is 0.350. The average molecular weight is 194 g/mol. The molecule has 1 saturated heterocycles. The summed E-state index contributed by atoms with van der Waals surface area (Å²) >= 11 is 0. The zero-order chi connectivity index (χ0) is 9.76. The molecule has 3 rings (SSSR count). The number of nitrogens with zero attached hydrogens (tertiary/aromatic N) is 1. The van der Waals surface area contributed by atoms with E-state index in [1.54, 1.807) is 0 Å². The van der Waals surface area contributed by atoms with Gasteiger partial charge in [-0.2, -0.15) is 0 Å². The van der Waals surface area contributed by atoms with E-state index in [4.69, 9.17) is 0 Å². The van der Waals surface area contributed by atoms with E-state index in [9.17, 15) is 4.79 Å². The first-order chi connectivity index (χ1) is 6.73. The molecule has 0 radical (unpaired) electrons. The minimum absolute atomic E-state index is 0.350. The molecule has 0 aromatic rings. The molecule has 2 saturated carbocycles. The van der Waals surface area contributed by atoms with Crippen molar-refractivity contribution < 1.29 is 4.79 Å². The highest BCUT2D eigenvalue weighted by Gasteiger charge is 2.60. The van der Waals surface area contributed by atoms with Gasteiger partial charge >= 0.3 is 0 Å². The molecule has 3 aliphatic rings. The van der Waals surface area contributed by atoms with Gasteiger partial charge in [-0.05, 0) is 37.6 Å². The van der Waals surface area contributed by atoms with Crippen molar-refractivity contribution in [2.45, 2.75) is 31.7 Å². The van der Waals surface area contributed by atoms with Crippen LogP contribution in [-0.2, 0) is 4.79 Å². The molecule has 1 spiro atoms. The standard InChI is InChI=1S/C11H18N2O/c1-13(8-2-3-8)10(14)9-6-11(9)4-5-12-7-11/h8-9,12H,2-7H2,1H3. The molecule has 1 N–H and O–H groups in total. The van der Waals surface area contributed by atoms with Gasteiger partial charge in [-0.25, -0.2) is 0 Å². The van der Waals surface area contributed by atoms with Gasteiger partial charge in [-0.15, -0.1) is 0 Å². The van der Waals surface area contributed by atoms with Crippen LogP contribution in [0.1, 0.15) is 25.7 Å². The van der Waals surface area contributed by atoms with Crippen LogP contribution >= 0.6 is 0 Å². The van der Waals surface area contributed by atoms with E-state index in [2.05, 4.69) is 5.32 Å². The normalized spacial score (nSPS) is 40.2. The maximum Gasteiger partial charge on any atom is 0.226 e. The summed E-state index contributed by atoms with van der Waals surface area (Å²) in [7, 11) is 1.98. The number of hydrogen-bond acceptors (Lipinski definition) is 2. The van der Waals surface area contributed by atoms with E-state index < -0.39 is 0 Å². The van der Waals surface area contributed by atoms with Crippen LogP contribution in [0.5, 0.6) is 0 Å². The predicted octanol–water partition coefficient (Wildman–Crippen LogP) is 0.607. The lowest BCUT2D eigenvalue weighted by molar-refractivity contribution is -0.132. The summed E-state index contributed by atoms with van der Waals surface area (Å²) in [5.74, 6) is 0.763. The summed E-state index contributed by atoms with van der Waals surface area (Å²) in [6, 6.07) is 0.578. The number of nitrogens with one attached hydrogen (secondary N) is 1. The van der Waals surface area contributed by atoms with Gasteiger partial charge in [-0.1, -0.05) is 0 Å². The Balaban J connectivity index is 1.64. The maximum atomic E-state index is 12.0. The second-order valence-corrected chi connectivity index (χ2v) is 5.23. The lowest BCUT2D eigenvalue weighted by Crippen LogP contribution is -2.32. The van der Waals surface area contributed by atoms with E-state index in [0.717, 1.165) is 19.5 Å². The maximum absolute atomic E-state index is 12.0. The third kappa shape index (κ3) is 1.18. The van der Waals surface area contributed by atoms with Crippen molar-refractivity contribution in [3.63, 3.8) is 0 Å². The Morgan fingerprint density at radius 3 is 2.86 bits per heavy atom. The Labute approximate surface area is 84.8 Å². The molecule has 0 bridgehead atoms. The van der Waals surface area contributed by atoms with Gasteiger partial charge in [0.2, 0.25) is 5.91 Å². The molecule has 0 aromatic carbocycles. The monoisotopic (exact) mass is 194 g/mol. The van der Waals surface area contributed by atoms with E-state index >= 15 is 0 Å². The fourth-order valence-electron chi connectivity index (χ4n) is 2.82. The van der Waals surface area contributed by atoms with Crippen molar-refractivity contribution in [1.29, 1.82) is 0 Å². The smallest absolute Gasteiger partial charge is 0.226 e. The average Bonchev–Trinajstić information content (AvgIpc) is 3.03. The zero-order valence-electron chi connectivity index (χ0n) is 8.75. The second kappa shape index (κ2) is 2.72. The van der Waals surface area contributed by atoms with E-state index in [1.165, 1.54) is 19.3 Å². The molecule has 1 aliphatic heterocycles. The van der Waals surface area contributed by atoms with Crippen molar-refractivity contribution in [1.82, 2.24) is 10.2 Å². The fourth-order valence-corrected chi connectivity index (χ4v) is 2.82. The van der Waals surface area contributed by atoms with E-state index in [-0.39, 0.29) is 0 Å². The summed E-state index contributed by atoms with van der Waals surface area (Å²) in [6.07, 6.45) is 4.79. The SMILES string of the molecule is CN(C(=O)C1CC12CCNC2)C1CC1. The Morgan fingerprint density at radius 2 is 2.29 bits per heavy atom. The number of rotatable bonds is 2. The van der Waals surface area contributed by atoms with Crippen LogP contribution in [0.2, 0.25) is 0 Å². The second-order valence-electron chi connectivity index (χ2n) is 5.23. The van der Waals surface area contributed by atoms with Crippen molar-refractivity contribution in [3.8, 4) is 0 Å². The van der Waals surface area contributed by atoms with Gasteiger partial charge in [0.05, 0.1) is 0 Å². The van der Waals surface area contributed by atoms with Crippen molar-refractivity contribution >= 4 is 5.91 Å². The molecule has 1 heterocycles. The third-order valence-electron chi connectivity index (χ3n) is 4.21. The molecule has 2 unspecified atom stereocenters. The Morgan fingerprint density at radius 1 is 1.50 bits per heavy atom. The molecule has 14 heavy (non-hydrogen) atoms. The molecule has 3 nitrogen and oxygen atoms in total. The van der Waals surface area contributed by atoms with E-state index in [1.807, 2.05) is 11.9 Å². The highest BCUT2D eigenvalue weighted by atomic mass is 16.2. The minimum Gasteiger partial charge on any atom is -0.343 e. The van der Waals surface area contributed by atoms with Crippen LogP contribution in [0.3, 0.4) is 0 Å². The van der Waals surface area contributed by atoms with Crippen molar-refractivity contribution in [3.05, 3.63) is 0 Å². The number of hydrogen-bond donors (Lipinski definition) is 1. The van der Waals surface area contributed by atoms with Crippen molar-refractivity contribution in [2.75, 3.05) is 20.1 Å². The summed E-state index contributed by atoms with van der Waals surface area (Å²) in [5.41, 5.74) is 0.375. The predicted molar refractivity (Wildman–Crippen MR) is 53.8 cm³/mol. The molecule has 3 fully saturated rings. The molecule has 78 valence electrons. The van der Waals surface area contributed by atoms with Crippen LogP contribution in [0, 0.1) is 11.3 Å².